The van der Waals surface area contributed by atoms with Gasteiger partial charge >= 0.3 is 0 Å². The largest absolute Gasteiger partial charge is 0.271 e. The van der Waals surface area contributed by atoms with Crippen molar-refractivity contribution in [2.45, 2.75) is 38.1 Å². The Labute approximate surface area is 134 Å². The maximum atomic E-state index is 5.91. The molecule has 3 nitrogen and oxygen atoms in total. The molecule has 0 saturated heterocycles. The van der Waals surface area contributed by atoms with Crippen LogP contribution in [0.1, 0.15) is 47.2 Å². The van der Waals surface area contributed by atoms with Crippen molar-refractivity contribution in [3.05, 3.63) is 63.4 Å². The average molecular weight is 346 g/mol. The summed E-state index contributed by atoms with van der Waals surface area (Å²) in [7, 11) is 0. The fourth-order valence-electron chi connectivity index (χ4n) is 3.30. The molecule has 1 aromatic heterocycles. The first-order valence-electron chi connectivity index (χ1n) is 7.37. The number of halogens is 1. The van der Waals surface area contributed by atoms with Gasteiger partial charge in [0.05, 0.1) is 6.04 Å². The number of hydrogen-bond acceptors (Lipinski definition) is 3. The minimum atomic E-state index is 0.0771. The Morgan fingerprint density at radius 1 is 1.33 bits per heavy atom. The SMILES string of the molecule is Cc1cccc(C(NN)C2CCCc3cccnc32)c1Br. The fraction of sp³-hybridized carbons (Fsp3) is 0.353. The molecular formula is C17H20BrN3. The summed E-state index contributed by atoms with van der Waals surface area (Å²) in [6, 6.07) is 10.6. The molecule has 0 amide bonds. The highest BCUT2D eigenvalue weighted by Gasteiger charge is 2.30. The number of aromatic nitrogens is 1. The van der Waals surface area contributed by atoms with E-state index < -0.39 is 0 Å². The predicted octanol–water partition coefficient (Wildman–Crippen LogP) is 3.78. The van der Waals surface area contributed by atoms with Crippen LogP contribution in [0.3, 0.4) is 0 Å². The van der Waals surface area contributed by atoms with Gasteiger partial charge in [0.1, 0.15) is 0 Å². The second-order valence-corrected chi connectivity index (χ2v) is 6.46. The molecular weight excluding hydrogens is 326 g/mol. The first-order chi connectivity index (χ1) is 10.2. The van der Waals surface area contributed by atoms with E-state index >= 15 is 0 Å². The van der Waals surface area contributed by atoms with Crippen molar-refractivity contribution in [3.63, 3.8) is 0 Å². The average Bonchev–Trinajstić information content (AvgIpc) is 2.52. The summed E-state index contributed by atoms with van der Waals surface area (Å²) >= 11 is 3.71. The molecule has 2 atom stereocenters. The van der Waals surface area contributed by atoms with Crippen molar-refractivity contribution in [2.24, 2.45) is 5.84 Å². The summed E-state index contributed by atoms with van der Waals surface area (Å²) in [6.45, 7) is 2.11. The Morgan fingerprint density at radius 3 is 3.00 bits per heavy atom. The minimum absolute atomic E-state index is 0.0771. The van der Waals surface area contributed by atoms with Gasteiger partial charge in [-0.1, -0.05) is 40.2 Å². The molecule has 1 aromatic carbocycles. The summed E-state index contributed by atoms with van der Waals surface area (Å²) in [5, 5.41) is 0. The van der Waals surface area contributed by atoms with Crippen molar-refractivity contribution in [1.82, 2.24) is 10.4 Å². The first kappa shape index (κ1) is 14.7. The molecule has 2 aromatic rings. The lowest BCUT2D eigenvalue weighted by Gasteiger charge is -2.32. The van der Waals surface area contributed by atoms with Gasteiger partial charge in [0.2, 0.25) is 0 Å². The van der Waals surface area contributed by atoms with Crippen LogP contribution in [0.25, 0.3) is 0 Å². The number of aryl methyl sites for hydroxylation is 2. The van der Waals surface area contributed by atoms with Crippen LogP contribution in [0.2, 0.25) is 0 Å². The number of fused-ring (bicyclic) bond motifs is 1. The van der Waals surface area contributed by atoms with E-state index in [1.54, 1.807) is 0 Å². The Bertz CT molecular complexity index is 642. The summed E-state index contributed by atoms with van der Waals surface area (Å²) < 4.78 is 1.14. The monoisotopic (exact) mass is 345 g/mol. The Hall–Kier alpha value is -1.23. The summed E-state index contributed by atoms with van der Waals surface area (Å²) in [6.07, 6.45) is 5.30. The van der Waals surface area contributed by atoms with Crippen LogP contribution in [0.15, 0.2) is 41.0 Å². The zero-order chi connectivity index (χ0) is 14.8. The maximum Gasteiger partial charge on any atom is 0.0554 e. The van der Waals surface area contributed by atoms with Crippen LogP contribution >= 0.6 is 15.9 Å². The van der Waals surface area contributed by atoms with Crippen LogP contribution in [0.5, 0.6) is 0 Å². The van der Waals surface area contributed by atoms with E-state index in [1.807, 2.05) is 12.3 Å². The Kier molecular flexibility index (Phi) is 4.38. The number of nitrogens with one attached hydrogen (secondary N) is 1. The molecule has 0 radical (unpaired) electrons. The highest BCUT2D eigenvalue weighted by Crippen LogP contribution is 2.41. The van der Waals surface area contributed by atoms with Crippen molar-refractivity contribution in [3.8, 4) is 0 Å². The van der Waals surface area contributed by atoms with Crippen LogP contribution in [-0.2, 0) is 6.42 Å². The third-order valence-corrected chi connectivity index (χ3v) is 5.46. The van der Waals surface area contributed by atoms with Gasteiger partial charge in [-0.3, -0.25) is 16.3 Å². The standard InChI is InChI=1S/C17H20BrN3/c1-11-5-2-8-13(15(11)18)17(21-19)14-9-3-6-12-7-4-10-20-16(12)14/h2,4-5,7-8,10,14,17,21H,3,6,9,19H2,1H3. The number of benzene rings is 1. The van der Waals surface area contributed by atoms with E-state index in [0.717, 1.165) is 17.3 Å². The molecule has 1 aliphatic rings. The molecule has 4 heteroatoms. The van der Waals surface area contributed by atoms with Crippen molar-refractivity contribution >= 4 is 15.9 Å². The van der Waals surface area contributed by atoms with Crippen LogP contribution < -0.4 is 11.3 Å². The van der Waals surface area contributed by atoms with Gasteiger partial charge in [-0.25, -0.2) is 0 Å². The van der Waals surface area contributed by atoms with Crippen LogP contribution in [-0.4, -0.2) is 4.98 Å². The molecule has 3 rings (SSSR count). The zero-order valence-electron chi connectivity index (χ0n) is 12.1. The quantitative estimate of drug-likeness (QED) is 0.657. The Morgan fingerprint density at radius 2 is 2.19 bits per heavy atom. The Balaban J connectivity index is 2.04. The molecule has 0 spiro atoms. The molecule has 3 N–H and O–H groups in total. The molecule has 2 unspecified atom stereocenters. The van der Waals surface area contributed by atoms with Crippen LogP contribution in [0, 0.1) is 6.92 Å². The molecule has 1 aliphatic carbocycles. The maximum absolute atomic E-state index is 5.91. The predicted molar refractivity (Wildman–Crippen MR) is 88.9 cm³/mol. The van der Waals surface area contributed by atoms with E-state index in [1.165, 1.54) is 28.8 Å². The van der Waals surface area contributed by atoms with Gasteiger partial charge in [-0.15, -0.1) is 0 Å². The van der Waals surface area contributed by atoms with Crippen molar-refractivity contribution < 1.29 is 0 Å². The number of rotatable bonds is 3. The second-order valence-electron chi connectivity index (χ2n) is 5.67. The molecule has 0 fully saturated rings. The third-order valence-electron chi connectivity index (χ3n) is 4.38. The van der Waals surface area contributed by atoms with Crippen molar-refractivity contribution in [2.75, 3.05) is 0 Å². The topological polar surface area (TPSA) is 50.9 Å². The second kappa shape index (κ2) is 6.26. The zero-order valence-corrected chi connectivity index (χ0v) is 13.7. The molecule has 0 bridgehead atoms. The van der Waals surface area contributed by atoms with Gasteiger partial charge in [0.15, 0.2) is 0 Å². The molecule has 0 saturated carbocycles. The number of pyridine rings is 1. The summed E-state index contributed by atoms with van der Waals surface area (Å²) in [4.78, 5) is 4.64. The number of hydrazine groups is 1. The smallest absolute Gasteiger partial charge is 0.0554 e. The summed E-state index contributed by atoms with van der Waals surface area (Å²) in [5.41, 5.74) is 8.02. The normalized spacial score (nSPS) is 19.1. The van der Waals surface area contributed by atoms with Crippen LogP contribution in [0.4, 0.5) is 0 Å². The van der Waals surface area contributed by atoms with E-state index in [-0.39, 0.29) is 6.04 Å². The van der Waals surface area contributed by atoms with Gasteiger partial charge in [-0.2, -0.15) is 0 Å². The minimum Gasteiger partial charge on any atom is -0.271 e. The number of hydrogen-bond donors (Lipinski definition) is 2. The molecule has 21 heavy (non-hydrogen) atoms. The lowest BCUT2D eigenvalue weighted by Crippen LogP contribution is -2.34. The summed E-state index contributed by atoms with van der Waals surface area (Å²) in [5.74, 6) is 6.23. The van der Waals surface area contributed by atoms with Gasteiger partial charge in [-0.05, 0) is 48.9 Å². The van der Waals surface area contributed by atoms with E-state index in [2.05, 4.69) is 57.5 Å². The number of nitrogens with zero attached hydrogens (tertiary/aromatic N) is 1. The number of nitrogens with two attached hydrogens (primary N) is 1. The van der Waals surface area contributed by atoms with Gasteiger partial charge in [0, 0.05) is 22.3 Å². The molecule has 0 aliphatic heterocycles. The lowest BCUT2D eigenvalue weighted by molar-refractivity contribution is 0.398. The highest BCUT2D eigenvalue weighted by atomic mass is 79.9. The van der Waals surface area contributed by atoms with Gasteiger partial charge < -0.3 is 0 Å². The van der Waals surface area contributed by atoms with Gasteiger partial charge in [0.25, 0.3) is 0 Å². The first-order valence-corrected chi connectivity index (χ1v) is 8.16. The highest BCUT2D eigenvalue weighted by molar-refractivity contribution is 9.10. The third kappa shape index (κ3) is 2.76. The fourth-order valence-corrected chi connectivity index (χ4v) is 3.81. The molecule has 110 valence electrons. The van der Waals surface area contributed by atoms with E-state index in [9.17, 15) is 0 Å². The molecule has 1 heterocycles. The lowest BCUT2D eigenvalue weighted by atomic mass is 9.79. The van der Waals surface area contributed by atoms with E-state index in [4.69, 9.17) is 5.84 Å². The van der Waals surface area contributed by atoms with E-state index in [0.29, 0.717) is 5.92 Å². The van der Waals surface area contributed by atoms with Crippen molar-refractivity contribution in [1.29, 1.82) is 0 Å².